The molecule has 0 N–H and O–H groups in total. The summed E-state index contributed by atoms with van der Waals surface area (Å²) < 4.78 is 0. The van der Waals surface area contributed by atoms with Crippen molar-refractivity contribution >= 4 is 56.5 Å². The molecule has 0 fully saturated rings. The maximum atomic E-state index is 7.36. The summed E-state index contributed by atoms with van der Waals surface area (Å²) in [5.74, 6) is 0.343. The fourth-order valence-electron chi connectivity index (χ4n) is 5.53. The third kappa shape index (κ3) is 3.46. The molecule has 5 heteroatoms. The first-order valence-corrected chi connectivity index (χ1v) is 13.5. The summed E-state index contributed by atoms with van der Waals surface area (Å²) in [4.78, 5) is 0. The van der Waals surface area contributed by atoms with E-state index in [0.29, 0.717) is 5.92 Å². The Balaban J connectivity index is 0.000000907. The van der Waals surface area contributed by atoms with Gasteiger partial charge in [-0.25, -0.2) is 0 Å². The quantitative estimate of drug-likeness (QED) is 0.192. The number of hydrogen-bond donors (Lipinski definition) is 0. The van der Waals surface area contributed by atoms with Crippen molar-refractivity contribution < 1.29 is 51.0 Å². The van der Waals surface area contributed by atoms with Gasteiger partial charge in [0, 0.05) is 5.92 Å². The summed E-state index contributed by atoms with van der Waals surface area (Å²) in [7, 11) is -1.95. The topological polar surface area (TPSA) is 0 Å². The molecule has 4 aromatic rings. The predicted octanol–water partition coefficient (Wildman–Crippen LogP) is 0.288. The van der Waals surface area contributed by atoms with E-state index in [-0.39, 0.29) is 51.0 Å². The minimum atomic E-state index is -1.95. The average molecular weight is 560 g/mol. The third-order valence-corrected chi connectivity index (χ3v) is 12.0. The zero-order valence-electron chi connectivity index (χ0n) is 17.5. The molecule has 0 saturated heterocycles. The maximum Gasteiger partial charge on any atom is 3.00 e. The van der Waals surface area contributed by atoms with E-state index < -0.39 is 7.38 Å². The van der Waals surface area contributed by atoms with Crippen LogP contribution in [0.2, 0.25) is 6.04 Å². The molecule has 0 amide bonds. The van der Waals surface area contributed by atoms with Crippen LogP contribution in [0.3, 0.4) is 0 Å². The molecule has 0 aromatic heterocycles. The molecule has 1 aliphatic heterocycles. The van der Waals surface area contributed by atoms with Gasteiger partial charge in [-0.15, -0.1) is 33.7 Å². The first-order valence-electron chi connectivity index (χ1n) is 10.3. The third-order valence-electron chi connectivity index (χ3n) is 6.75. The number of allylic oxidation sites excluding steroid dienone is 1. The Hall–Kier alpha value is -0.760. The van der Waals surface area contributed by atoms with E-state index in [4.69, 9.17) is 11.1 Å². The molecular formula is C26H22Cl3SiZr. The van der Waals surface area contributed by atoms with Gasteiger partial charge in [0.15, 0.2) is 0 Å². The Morgan fingerprint density at radius 2 is 1.71 bits per heavy atom. The van der Waals surface area contributed by atoms with Gasteiger partial charge in [-0.2, -0.15) is 11.1 Å². The minimum absolute atomic E-state index is 0. The van der Waals surface area contributed by atoms with Crippen LogP contribution in [0.25, 0.3) is 27.6 Å². The van der Waals surface area contributed by atoms with E-state index in [2.05, 4.69) is 80.6 Å². The van der Waals surface area contributed by atoms with Crippen molar-refractivity contribution in [1.82, 2.24) is 0 Å². The van der Waals surface area contributed by atoms with Gasteiger partial charge in [-0.05, 0) is 24.1 Å². The fraction of sp³-hybridized carbons (Fsp3) is 0.192. The van der Waals surface area contributed by atoms with E-state index in [0.717, 1.165) is 12.5 Å². The van der Waals surface area contributed by atoms with Gasteiger partial charge in [0.25, 0.3) is 0 Å². The standard InChI is InChI=1S/C26H22ClSi.2ClH.Zr/c1-3-12-28(27)23-15-21-19-10-6-4-9-18(19)14-22(21)25(26(23)28)24-16(2)13-17-8-5-7-11-20(17)24;;;/h4-11,13-15,24H,3,12H2,1-2H3;2*1H;/q-1;;;+3/p-2. The Morgan fingerprint density at radius 1 is 1.00 bits per heavy atom. The van der Waals surface area contributed by atoms with Crippen molar-refractivity contribution in [1.29, 1.82) is 0 Å². The van der Waals surface area contributed by atoms with Crippen LogP contribution >= 0.6 is 11.1 Å². The first-order chi connectivity index (χ1) is 13.6. The van der Waals surface area contributed by atoms with E-state index in [9.17, 15) is 0 Å². The van der Waals surface area contributed by atoms with Gasteiger partial charge >= 0.3 is 26.2 Å². The normalized spacial score (nSPS) is 20.2. The molecule has 0 bridgehead atoms. The monoisotopic (exact) mass is 557 g/mol. The van der Waals surface area contributed by atoms with Crippen LogP contribution in [0.15, 0.2) is 66.2 Å². The summed E-state index contributed by atoms with van der Waals surface area (Å²) in [6, 6.07) is 23.7. The smallest absolute Gasteiger partial charge is 1.00 e. The summed E-state index contributed by atoms with van der Waals surface area (Å²) in [5.41, 5.74) is 5.76. The van der Waals surface area contributed by atoms with Crippen LogP contribution < -0.4 is 35.2 Å². The molecule has 0 spiro atoms. The number of hydrogen-bond acceptors (Lipinski definition) is 0. The molecule has 1 radical (unpaired) electrons. The molecule has 0 nitrogen and oxygen atoms in total. The van der Waals surface area contributed by atoms with Gasteiger partial charge < -0.3 is 24.8 Å². The van der Waals surface area contributed by atoms with Crippen LogP contribution in [0.1, 0.15) is 42.9 Å². The number of fused-ring (bicyclic) bond motifs is 5. The van der Waals surface area contributed by atoms with Gasteiger partial charge in [0.05, 0.1) is 0 Å². The second kappa shape index (κ2) is 8.88. The van der Waals surface area contributed by atoms with Crippen LogP contribution in [0.4, 0.5) is 0 Å². The average Bonchev–Trinajstić information content (AvgIpc) is 3.00. The summed E-state index contributed by atoms with van der Waals surface area (Å²) in [6.45, 7) is 4.55. The Labute approximate surface area is 221 Å². The second-order valence-corrected chi connectivity index (χ2v) is 13.5. The van der Waals surface area contributed by atoms with Crippen molar-refractivity contribution in [2.45, 2.75) is 32.2 Å². The van der Waals surface area contributed by atoms with Crippen molar-refractivity contribution in [3.8, 4) is 0 Å². The van der Waals surface area contributed by atoms with Gasteiger partial charge in [-0.1, -0.05) is 89.5 Å². The number of halogens is 3. The van der Waals surface area contributed by atoms with Gasteiger partial charge in [0.1, 0.15) is 0 Å². The molecule has 31 heavy (non-hydrogen) atoms. The van der Waals surface area contributed by atoms with Crippen LogP contribution in [-0.4, -0.2) is 7.38 Å². The Bertz CT molecular complexity index is 1320. The molecule has 2 aliphatic rings. The Kier molecular flexibility index (Phi) is 7.13. The molecule has 155 valence electrons. The SMILES string of the molecule is CCC[Si]1(Cl)c2cc3c([cH-]c4ccccc43)c(C3C(C)=Cc4ccccc43)c21.[Cl-].[Cl-].[Zr+3]. The molecule has 2 atom stereocenters. The second-order valence-electron chi connectivity index (χ2n) is 8.41. The minimum Gasteiger partial charge on any atom is -1.00 e. The van der Waals surface area contributed by atoms with E-state index >= 15 is 0 Å². The summed E-state index contributed by atoms with van der Waals surface area (Å²) in [5, 5.41) is 8.55. The zero-order chi connectivity index (χ0) is 19.0. The maximum absolute atomic E-state index is 7.36. The Morgan fingerprint density at radius 3 is 2.48 bits per heavy atom. The summed E-state index contributed by atoms with van der Waals surface area (Å²) in [6.07, 6.45) is 3.53. The predicted molar refractivity (Wildman–Crippen MR) is 125 cm³/mol. The van der Waals surface area contributed by atoms with Gasteiger partial charge in [-0.3, -0.25) is 0 Å². The molecule has 2 unspecified atom stereocenters. The van der Waals surface area contributed by atoms with E-state index in [1.165, 1.54) is 54.2 Å². The number of benzene rings is 3. The van der Waals surface area contributed by atoms with Crippen molar-refractivity contribution in [2.24, 2.45) is 0 Å². The largest absolute Gasteiger partial charge is 3.00 e. The van der Waals surface area contributed by atoms with Crippen molar-refractivity contribution in [2.75, 3.05) is 0 Å². The van der Waals surface area contributed by atoms with Crippen LogP contribution in [0, 0.1) is 0 Å². The van der Waals surface area contributed by atoms with Crippen molar-refractivity contribution in [3.05, 3.63) is 82.9 Å². The zero-order valence-corrected chi connectivity index (χ0v) is 23.2. The van der Waals surface area contributed by atoms with Gasteiger partial charge in [0.2, 0.25) is 7.38 Å². The first kappa shape index (κ1) is 24.9. The number of rotatable bonds is 3. The molecule has 1 heterocycles. The molecule has 6 rings (SSSR count). The van der Waals surface area contributed by atoms with Crippen LogP contribution in [-0.2, 0) is 26.2 Å². The molecular weight excluding hydrogens is 538 g/mol. The fourth-order valence-corrected chi connectivity index (χ4v) is 10.8. The van der Waals surface area contributed by atoms with Crippen LogP contribution in [0.5, 0.6) is 0 Å². The van der Waals surface area contributed by atoms with Crippen molar-refractivity contribution in [3.63, 3.8) is 0 Å². The van der Waals surface area contributed by atoms with E-state index in [1.807, 2.05) is 0 Å². The molecule has 4 aromatic carbocycles. The molecule has 0 saturated carbocycles. The summed E-state index contributed by atoms with van der Waals surface area (Å²) >= 11 is 7.36. The van der Waals surface area contributed by atoms with E-state index in [1.54, 1.807) is 0 Å². The molecule has 1 aliphatic carbocycles.